The molecule has 0 aliphatic carbocycles. The first-order chi connectivity index (χ1) is 15.5. The molecule has 0 saturated carbocycles. The van der Waals surface area contributed by atoms with Crippen LogP contribution >= 0.6 is 11.3 Å². The van der Waals surface area contributed by atoms with Crippen LogP contribution in [0.3, 0.4) is 0 Å². The lowest BCUT2D eigenvalue weighted by Crippen LogP contribution is -2.40. The van der Waals surface area contributed by atoms with E-state index in [0.29, 0.717) is 29.8 Å². The summed E-state index contributed by atoms with van der Waals surface area (Å²) in [6, 6.07) is 7.50. The molecule has 0 fully saturated rings. The highest BCUT2D eigenvalue weighted by Gasteiger charge is 2.23. The van der Waals surface area contributed by atoms with Crippen LogP contribution in [-0.4, -0.2) is 60.8 Å². The topological polar surface area (TPSA) is 93.7 Å². The zero-order valence-corrected chi connectivity index (χ0v) is 20.2. The molecule has 9 heteroatoms. The van der Waals surface area contributed by atoms with Gasteiger partial charge >= 0.3 is 0 Å². The van der Waals surface area contributed by atoms with Crippen molar-refractivity contribution in [2.75, 3.05) is 39.2 Å². The van der Waals surface area contributed by atoms with E-state index in [1.54, 1.807) is 19.1 Å². The average Bonchev–Trinajstić information content (AvgIpc) is 3.27. The van der Waals surface area contributed by atoms with Crippen LogP contribution in [0.1, 0.15) is 46.0 Å². The van der Waals surface area contributed by atoms with Crippen molar-refractivity contribution in [2.45, 2.75) is 46.0 Å². The monoisotopic (exact) mass is 462 g/mol. The van der Waals surface area contributed by atoms with Gasteiger partial charge in [0.05, 0.1) is 13.7 Å². The van der Waals surface area contributed by atoms with E-state index in [1.165, 1.54) is 11.3 Å². The summed E-state index contributed by atoms with van der Waals surface area (Å²) in [5.74, 6) is 0.659. The van der Waals surface area contributed by atoms with Gasteiger partial charge in [0.1, 0.15) is 10.8 Å². The number of ether oxygens (including phenoxy) is 2. The van der Waals surface area contributed by atoms with E-state index in [0.717, 1.165) is 37.0 Å². The van der Waals surface area contributed by atoms with E-state index in [-0.39, 0.29) is 24.2 Å². The Bertz CT molecular complexity index is 841. The van der Waals surface area contributed by atoms with Crippen molar-refractivity contribution in [3.05, 3.63) is 24.3 Å². The van der Waals surface area contributed by atoms with Gasteiger partial charge in [-0.2, -0.15) is 0 Å². The van der Waals surface area contributed by atoms with Crippen molar-refractivity contribution in [1.29, 1.82) is 0 Å². The Labute approximate surface area is 194 Å². The van der Waals surface area contributed by atoms with Gasteiger partial charge in [-0.05, 0) is 37.1 Å². The second-order valence-electron chi connectivity index (χ2n) is 7.50. The Balaban J connectivity index is 1.93. The third-order valence-corrected chi connectivity index (χ3v) is 6.13. The van der Waals surface area contributed by atoms with Crippen LogP contribution in [0.5, 0.6) is 5.75 Å². The Kier molecular flexibility index (Phi) is 11.1. The Morgan fingerprint density at radius 2 is 1.88 bits per heavy atom. The zero-order valence-electron chi connectivity index (χ0n) is 19.4. The molecule has 1 aromatic carbocycles. The molecule has 1 N–H and O–H groups in total. The van der Waals surface area contributed by atoms with Gasteiger partial charge in [0, 0.05) is 38.1 Å². The van der Waals surface area contributed by atoms with Gasteiger partial charge in [-0.25, -0.2) is 0 Å². The van der Waals surface area contributed by atoms with Crippen LogP contribution in [0.4, 0.5) is 5.13 Å². The molecule has 2 amide bonds. The number of amides is 2. The maximum Gasteiger partial charge on any atom is 0.227 e. The molecule has 32 heavy (non-hydrogen) atoms. The lowest BCUT2D eigenvalue weighted by Gasteiger charge is -2.26. The molecule has 1 unspecified atom stereocenters. The van der Waals surface area contributed by atoms with Crippen LogP contribution < -0.4 is 10.1 Å². The number of carbonyl (C=O) groups is 2. The van der Waals surface area contributed by atoms with Gasteiger partial charge in [0.25, 0.3) is 0 Å². The van der Waals surface area contributed by atoms with Crippen molar-refractivity contribution in [3.63, 3.8) is 0 Å². The van der Waals surface area contributed by atoms with E-state index >= 15 is 0 Å². The van der Waals surface area contributed by atoms with Crippen LogP contribution in [-0.2, 0) is 14.3 Å². The van der Waals surface area contributed by atoms with Crippen molar-refractivity contribution in [2.24, 2.45) is 5.92 Å². The molecule has 0 bridgehead atoms. The Morgan fingerprint density at radius 3 is 2.50 bits per heavy atom. The number of benzene rings is 1. The molecule has 1 aromatic heterocycles. The molecule has 0 aliphatic heterocycles. The second kappa shape index (κ2) is 13.8. The van der Waals surface area contributed by atoms with Crippen molar-refractivity contribution < 1.29 is 19.1 Å². The number of carbonyl (C=O) groups excluding carboxylic acids is 2. The van der Waals surface area contributed by atoms with Crippen LogP contribution in [0.25, 0.3) is 10.6 Å². The molecule has 176 valence electrons. The quantitative estimate of drug-likeness (QED) is 0.451. The molecular weight excluding hydrogens is 428 g/mol. The van der Waals surface area contributed by atoms with Crippen LogP contribution in [0.15, 0.2) is 24.3 Å². The van der Waals surface area contributed by atoms with Crippen molar-refractivity contribution in [3.8, 4) is 16.3 Å². The summed E-state index contributed by atoms with van der Waals surface area (Å²) in [6.07, 6.45) is 3.95. The normalized spacial score (nSPS) is 11.8. The first kappa shape index (κ1) is 25.7. The lowest BCUT2D eigenvalue weighted by molar-refractivity contribution is -0.137. The fourth-order valence-corrected chi connectivity index (χ4v) is 4.05. The smallest absolute Gasteiger partial charge is 0.227 e. The van der Waals surface area contributed by atoms with E-state index < -0.39 is 0 Å². The molecule has 0 aliphatic rings. The number of rotatable bonds is 14. The number of nitrogens with one attached hydrogen (secondary N) is 1. The van der Waals surface area contributed by atoms with Gasteiger partial charge in [-0.3, -0.25) is 9.59 Å². The first-order valence-electron chi connectivity index (χ1n) is 11.1. The number of unbranched alkanes of at least 4 members (excludes halogenated alkanes) is 1. The fourth-order valence-electron chi connectivity index (χ4n) is 3.29. The summed E-state index contributed by atoms with van der Waals surface area (Å²) in [4.78, 5) is 27.2. The first-order valence-corrected chi connectivity index (χ1v) is 11.9. The standard InChI is InChI=1S/C23H34N4O4S/c1-5-7-8-17(6-2)22(29)27(15-16-30-3)14-13-20(28)24-23-26-25-21(32-23)18-9-11-19(31-4)12-10-18/h9-12,17H,5-8,13-16H2,1-4H3,(H,24,26,28). The van der Waals surface area contributed by atoms with Gasteiger partial charge in [-0.1, -0.05) is 38.0 Å². The van der Waals surface area contributed by atoms with Crippen LogP contribution in [0, 0.1) is 5.92 Å². The van der Waals surface area contributed by atoms with Crippen LogP contribution in [0.2, 0.25) is 0 Å². The summed E-state index contributed by atoms with van der Waals surface area (Å²) >= 11 is 1.30. The van der Waals surface area contributed by atoms with E-state index in [2.05, 4.69) is 22.4 Å². The summed E-state index contributed by atoms with van der Waals surface area (Å²) in [7, 11) is 3.23. The molecule has 2 aromatic rings. The highest BCUT2D eigenvalue weighted by Crippen LogP contribution is 2.27. The summed E-state index contributed by atoms with van der Waals surface area (Å²) in [5, 5.41) is 12.2. The number of methoxy groups -OCH3 is 2. The SMILES string of the molecule is CCCCC(CC)C(=O)N(CCOC)CCC(=O)Nc1nnc(-c2ccc(OC)cc2)s1. The fraction of sp³-hybridized carbons (Fsp3) is 0.565. The zero-order chi connectivity index (χ0) is 23.3. The highest BCUT2D eigenvalue weighted by atomic mass is 32.1. The molecule has 8 nitrogen and oxygen atoms in total. The average molecular weight is 463 g/mol. The van der Waals surface area contributed by atoms with E-state index in [9.17, 15) is 9.59 Å². The van der Waals surface area contributed by atoms with Gasteiger partial charge in [0.15, 0.2) is 0 Å². The molecular formula is C23H34N4O4S. The third-order valence-electron chi connectivity index (χ3n) is 5.24. The number of hydrogen-bond acceptors (Lipinski definition) is 7. The predicted octanol–water partition coefficient (Wildman–Crippen LogP) is 4.23. The number of nitrogens with zero attached hydrogens (tertiary/aromatic N) is 3. The van der Waals surface area contributed by atoms with Crippen molar-refractivity contribution in [1.82, 2.24) is 15.1 Å². The Hall–Kier alpha value is -2.52. The predicted molar refractivity (Wildman–Crippen MR) is 127 cm³/mol. The van der Waals surface area contributed by atoms with Crippen molar-refractivity contribution >= 4 is 28.3 Å². The summed E-state index contributed by atoms with van der Waals surface area (Å²) in [5.41, 5.74) is 0.901. The maximum atomic E-state index is 13.0. The minimum Gasteiger partial charge on any atom is -0.497 e. The summed E-state index contributed by atoms with van der Waals surface area (Å²) < 4.78 is 10.3. The van der Waals surface area contributed by atoms with Gasteiger partial charge < -0.3 is 19.7 Å². The summed E-state index contributed by atoms with van der Waals surface area (Å²) in [6.45, 7) is 5.43. The van der Waals surface area contributed by atoms with Gasteiger partial charge in [-0.15, -0.1) is 10.2 Å². The largest absolute Gasteiger partial charge is 0.497 e. The van der Waals surface area contributed by atoms with E-state index in [4.69, 9.17) is 9.47 Å². The number of hydrogen-bond donors (Lipinski definition) is 1. The minimum atomic E-state index is -0.195. The molecule has 2 rings (SSSR count). The molecule has 1 atom stereocenters. The molecule has 0 radical (unpaired) electrons. The highest BCUT2D eigenvalue weighted by molar-refractivity contribution is 7.18. The Morgan fingerprint density at radius 1 is 1.12 bits per heavy atom. The molecule has 0 spiro atoms. The maximum absolute atomic E-state index is 13.0. The third kappa shape index (κ3) is 7.87. The molecule has 1 heterocycles. The number of anilines is 1. The number of aromatic nitrogens is 2. The lowest BCUT2D eigenvalue weighted by atomic mass is 9.97. The van der Waals surface area contributed by atoms with E-state index in [1.807, 2.05) is 31.2 Å². The molecule has 0 saturated heterocycles. The second-order valence-corrected chi connectivity index (χ2v) is 8.48. The van der Waals surface area contributed by atoms with Gasteiger partial charge in [0.2, 0.25) is 16.9 Å². The minimum absolute atomic E-state index is 0.00918.